The first-order valence-electron chi connectivity index (χ1n) is 7.13. The molecule has 0 aliphatic carbocycles. The Balaban J connectivity index is 1.55. The maximum absolute atomic E-state index is 12.9. The zero-order valence-corrected chi connectivity index (χ0v) is 11.7. The van der Waals surface area contributed by atoms with Crippen LogP contribution < -0.4 is 4.90 Å². The molecule has 1 aliphatic rings. The Morgan fingerprint density at radius 1 is 1.19 bits per heavy atom. The van der Waals surface area contributed by atoms with Crippen LogP contribution in [0.5, 0.6) is 0 Å². The molecule has 0 spiro atoms. The van der Waals surface area contributed by atoms with E-state index in [9.17, 15) is 9.18 Å². The minimum Gasteiger partial charge on any atom is -0.463 e. The lowest BCUT2D eigenvalue weighted by Gasteiger charge is -2.31. The number of halogens is 1. The molecule has 1 aromatic heterocycles. The molecular weight excluding hydrogens is 271 g/mol. The molecule has 2 heterocycles. The van der Waals surface area contributed by atoms with Crippen LogP contribution in [0.3, 0.4) is 0 Å². The number of piperazine rings is 1. The number of furan rings is 1. The number of hydrogen-bond acceptors (Lipinski definition) is 2. The summed E-state index contributed by atoms with van der Waals surface area (Å²) in [4.78, 5) is 15.6. The SMILES string of the molecule is O=C(c1ccc(F)cc1)N1CC[NH+](Cc2ccco2)CC1. The standard InChI is InChI=1S/C16H17FN2O2/c17-14-5-3-13(4-6-14)16(20)19-9-7-18(8-10-19)12-15-2-1-11-21-15/h1-6,11H,7-10,12H2/p+1. The average Bonchev–Trinajstić information content (AvgIpc) is 3.01. The highest BCUT2D eigenvalue weighted by molar-refractivity contribution is 5.94. The number of carbonyl (C=O) groups excluding carboxylic acids is 1. The van der Waals surface area contributed by atoms with E-state index in [0.717, 1.165) is 25.4 Å². The van der Waals surface area contributed by atoms with Crippen molar-refractivity contribution in [2.75, 3.05) is 26.2 Å². The number of nitrogens with zero attached hydrogens (tertiary/aromatic N) is 1. The Labute approximate surface area is 122 Å². The lowest BCUT2D eigenvalue weighted by molar-refractivity contribution is -0.918. The summed E-state index contributed by atoms with van der Waals surface area (Å²) in [5.74, 6) is 0.634. The highest BCUT2D eigenvalue weighted by Gasteiger charge is 2.25. The van der Waals surface area contributed by atoms with Crippen molar-refractivity contribution >= 4 is 5.91 Å². The number of rotatable bonds is 3. The van der Waals surface area contributed by atoms with Crippen LogP contribution in [-0.2, 0) is 6.54 Å². The predicted molar refractivity (Wildman–Crippen MR) is 75.4 cm³/mol. The predicted octanol–water partition coefficient (Wildman–Crippen LogP) is 0.960. The van der Waals surface area contributed by atoms with E-state index in [1.165, 1.54) is 17.0 Å². The zero-order valence-electron chi connectivity index (χ0n) is 11.7. The van der Waals surface area contributed by atoms with Gasteiger partial charge in [0.05, 0.1) is 32.4 Å². The van der Waals surface area contributed by atoms with Crippen molar-refractivity contribution in [3.63, 3.8) is 0 Å². The minimum absolute atomic E-state index is 0.0213. The molecule has 4 nitrogen and oxygen atoms in total. The quantitative estimate of drug-likeness (QED) is 0.914. The minimum atomic E-state index is -0.320. The first-order valence-corrected chi connectivity index (χ1v) is 7.13. The van der Waals surface area contributed by atoms with Crippen LogP contribution in [0.1, 0.15) is 16.1 Å². The number of nitrogens with one attached hydrogen (secondary N) is 1. The fraction of sp³-hybridized carbons (Fsp3) is 0.312. The Kier molecular flexibility index (Phi) is 4.01. The molecule has 21 heavy (non-hydrogen) atoms. The summed E-state index contributed by atoms with van der Waals surface area (Å²) in [5.41, 5.74) is 0.547. The van der Waals surface area contributed by atoms with Crippen LogP contribution in [0.2, 0.25) is 0 Å². The smallest absolute Gasteiger partial charge is 0.254 e. The second-order valence-electron chi connectivity index (χ2n) is 5.31. The van der Waals surface area contributed by atoms with Crippen molar-refractivity contribution in [1.82, 2.24) is 4.90 Å². The molecule has 5 heteroatoms. The average molecular weight is 289 g/mol. The van der Waals surface area contributed by atoms with Crippen molar-refractivity contribution in [2.45, 2.75) is 6.54 Å². The normalized spacial score (nSPS) is 16.1. The fourth-order valence-electron chi connectivity index (χ4n) is 2.64. The largest absolute Gasteiger partial charge is 0.463 e. The van der Waals surface area contributed by atoms with Gasteiger partial charge in [-0.25, -0.2) is 4.39 Å². The first-order chi connectivity index (χ1) is 10.2. The summed E-state index contributed by atoms with van der Waals surface area (Å²) in [7, 11) is 0. The van der Waals surface area contributed by atoms with Crippen LogP contribution in [0, 0.1) is 5.82 Å². The van der Waals surface area contributed by atoms with E-state index in [0.29, 0.717) is 18.7 Å². The van der Waals surface area contributed by atoms with Gasteiger partial charge in [0.25, 0.3) is 5.91 Å². The third-order valence-electron chi connectivity index (χ3n) is 3.85. The van der Waals surface area contributed by atoms with Crippen molar-refractivity contribution in [2.24, 2.45) is 0 Å². The maximum Gasteiger partial charge on any atom is 0.254 e. The van der Waals surface area contributed by atoms with Gasteiger partial charge in [-0.2, -0.15) is 0 Å². The summed E-state index contributed by atoms with van der Waals surface area (Å²) in [6, 6.07) is 9.60. The second-order valence-corrected chi connectivity index (χ2v) is 5.31. The molecule has 3 rings (SSSR count). The highest BCUT2D eigenvalue weighted by Crippen LogP contribution is 2.07. The molecule has 2 aromatic rings. The van der Waals surface area contributed by atoms with Crippen molar-refractivity contribution < 1.29 is 18.5 Å². The van der Waals surface area contributed by atoms with Gasteiger partial charge in [-0.1, -0.05) is 0 Å². The third kappa shape index (κ3) is 3.31. The van der Waals surface area contributed by atoms with E-state index in [1.54, 1.807) is 18.4 Å². The van der Waals surface area contributed by atoms with Gasteiger partial charge in [0.1, 0.15) is 12.4 Å². The fourth-order valence-corrected chi connectivity index (χ4v) is 2.64. The van der Waals surface area contributed by atoms with Crippen LogP contribution in [0.4, 0.5) is 4.39 Å². The summed E-state index contributed by atoms with van der Waals surface area (Å²) < 4.78 is 18.2. The van der Waals surface area contributed by atoms with Gasteiger partial charge >= 0.3 is 0 Å². The molecule has 0 bridgehead atoms. The molecule has 1 fully saturated rings. The van der Waals surface area contributed by atoms with Crippen molar-refractivity contribution in [3.8, 4) is 0 Å². The molecule has 1 saturated heterocycles. The lowest BCUT2D eigenvalue weighted by atomic mass is 10.1. The Morgan fingerprint density at radius 2 is 1.90 bits per heavy atom. The van der Waals surface area contributed by atoms with E-state index >= 15 is 0 Å². The van der Waals surface area contributed by atoms with E-state index in [2.05, 4.69) is 0 Å². The molecule has 0 atom stereocenters. The number of hydrogen-bond donors (Lipinski definition) is 1. The van der Waals surface area contributed by atoms with Gasteiger partial charge in [-0.05, 0) is 36.4 Å². The van der Waals surface area contributed by atoms with Gasteiger partial charge in [-0.3, -0.25) is 4.79 Å². The summed E-state index contributed by atoms with van der Waals surface area (Å²) in [5, 5.41) is 0. The molecule has 0 unspecified atom stereocenters. The number of amides is 1. The molecule has 1 amide bonds. The van der Waals surface area contributed by atoms with Crippen molar-refractivity contribution in [3.05, 3.63) is 59.8 Å². The van der Waals surface area contributed by atoms with Crippen molar-refractivity contribution in [1.29, 1.82) is 0 Å². The Bertz CT molecular complexity index is 587. The van der Waals surface area contributed by atoms with E-state index in [4.69, 9.17) is 4.42 Å². The summed E-state index contributed by atoms with van der Waals surface area (Å²) >= 11 is 0. The van der Waals surface area contributed by atoms with Gasteiger partial charge in [0, 0.05) is 5.56 Å². The molecule has 0 radical (unpaired) electrons. The van der Waals surface area contributed by atoms with Gasteiger partial charge in [0.2, 0.25) is 0 Å². The number of benzene rings is 1. The number of carbonyl (C=O) groups is 1. The first kappa shape index (κ1) is 13.8. The molecule has 0 saturated carbocycles. The Hall–Kier alpha value is -2.14. The monoisotopic (exact) mass is 289 g/mol. The topological polar surface area (TPSA) is 37.9 Å². The van der Waals surface area contributed by atoms with Gasteiger partial charge in [0.15, 0.2) is 5.76 Å². The Morgan fingerprint density at radius 3 is 2.52 bits per heavy atom. The molecule has 1 N–H and O–H groups in total. The van der Waals surface area contributed by atoms with Crippen LogP contribution in [-0.4, -0.2) is 37.0 Å². The second kappa shape index (κ2) is 6.10. The molecule has 1 aromatic carbocycles. The molecule has 110 valence electrons. The van der Waals surface area contributed by atoms with E-state index in [-0.39, 0.29) is 11.7 Å². The highest BCUT2D eigenvalue weighted by atomic mass is 19.1. The zero-order chi connectivity index (χ0) is 14.7. The van der Waals surface area contributed by atoms with Crippen LogP contribution in [0.25, 0.3) is 0 Å². The summed E-state index contributed by atoms with van der Waals surface area (Å²) in [6.07, 6.45) is 1.68. The van der Waals surface area contributed by atoms with Crippen LogP contribution in [0.15, 0.2) is 47.1 Å². The maximum atomic E-state index is 12.9. The summed E-state index contributed by atoms with van der Waals surface area (Å²) in [6.45, 7) is 4.07. The third-order valence-corrected chi connectivity index (χ3v) is 3.85. The lowest BCUT2D eigenvalue weighted by Crippen LogP contribution is -3.13. The van der Waals surface area contributed by atoms with Gasteiger partial charge < -0.3 is 14.2 Å². The van der Waals surface area contributed by atoms with Gasteiger partial charge in [-0.15, -0.1) is 0 Å². The van der Waals surface area contributed by atoms with E-state index < -0.39 is 0 Å². The number of quaternary nitrogens is 1. The molecular formula is C16H18FN2O2+. The van der Waals surface area contributed by atoms with E-state index in [1.807, 2.05) is 17.0 Å². The van der Waals surface area contributed by atoms with Crippen LogP contribution >= 0.6 is 0 Å². The molecule has 1 aliphatic heterocycles.